The number of alkyl halides is 1. The van der Waals surface area contributed by atoms with Gasteiger partial charge in [0.05, 0.1) is 7.11 Å². The lowest BCUT2D eigenvalue weighted by Gasteiger charge is -2.16. The molecule has 1 nitrogen and oxygen atoms in total. The van der Waals surface area contributed by atoms with Gasteiger partial charge < -0.3 is 4.74 Å². The van der Waals surface area contributed by atoms with Crippen LogP contribution in [0.1, 0.15) is 11.1 Å². The minimum Gasteiger partial charge on any atom is -0.496 e. The topological polar surface area (TPSA) is 9.23 Å². The first-order chi connectivity index (χ1) is 10.1. The lowest BCUT2D eigenvalue weighted by molar-refractivity contribution is 0.405. The van der Waals surface area contributed by atoms with Gasteiger partial charge in [0, 0.05) is 5.33 Å². The van der Waals surface area contributed by atoms with Crippen LogP contribution in [0.5, 0.6) is 5.75 Å². The summed E-state index contributed by atoms with van der Waals surface area (Å²) in [6.07, 6.45) is 1.22. The SMILES string of the molecule is COc1ccccc1CC(CBr)Cc1cc(F)ccc1F. The van der Waals surface area contributed by atoms with Crippen molar-refractivity contribution in [1.82, 2.24) is 0 Å². The molecule has 1 atom stereocenters. The number of hydrogen-bond acceptors (Lipinski definition) is 1. The lowest BCUT2D eigenvalue weighted by Crippen LogP contribution is -2.12. The minimum atomic E-state index is -0.406. The molecular weight excluding hydrogens is 338 g/mol. The van der Waals surface area contributed by atoms with Crippen LogP contribution in [0, 0.1) is 17.6 Å². The van der Waals surface area contributed by atoms with E-state index in [1.54, 1.807) is 7.11 Å². The summed E-state index contributed by atoms with van der Waals surface area (Å²) < 4.78 is 32.3. The fraction of sp³-hybridized carbons (Fsp3) is 0.294. The minimum absolute atomic E-state index is 0.164. The molecule has 0 bridgehead atoms. The fourth-order valence-corrected chi connectivity index (χ4v) is 2.83. The third-order valence-corrected chi connectivity index (χ3v) is 4.35. The summed E-state index contributed by atoms with van der Waals surface area (Å²) in [5, 5.41) is 0.709. The molecule has 0 radical (unpaired) electrons. The Bertz CT molecular complexity index is 601. The van der Waals surface area contributed by atoms with E-state index in [-0.39, 0.29) is 11.7 Å². The van der Waals surface area contributed by atoms with E-state index in [0.29, 0.717) is 17.3 Å². The van der Waals surface area contributed by atoms with Crippen molar-refractivity contribution in [2.75, 3.05) is 12.4 Å². The molecule has 2 aromatic rings. The summed E-state index contributed by atoms with van der Waals surface area (Å²) in [4.78, 5) is 0. The van der Waals surface area contributed by atoms with Crippen molar-refractivity contribution in [2.45, 2.75) is 12.8 Å². The van der Waals surface area contributed by atoms with Crippen molar-refractivity contribution in [2.24, 2.45) is 5.92 Å². The zero-order valence-electron chi connectivity index (χ0n) is 11.8. The summed E-state index contributed by atoms with van der Waals surface area (Å²) in [5.74, 6) is 0.222. The Labute approximate surface area is 132 Å². The van der Waals surface area contributed by atoms with Crippen LogP contribution < -0.4 is 4.74 Å². The zero-order valence-corrected chi connectivity index (χ0v) is 13.4. The monoisotopic (exact) mass is 354 g/mol. The van der Waals surface area contributed by atoms with Crippen LogP contribution in [-0.4, -0.2) is 12.4 Å². The molecule has 0 N–H and O–H groups in total. The van der Waals surface area contributed by atoms with Crippen molar-refractivity contribution in [1.29, 1.82) is 0 Å². The highest BCUT2D eigenvalue weighted by atomic mass is 79.9. The number of benzene rings is 2. The highest BCUT2D eigenvalue weighted by molar-refractivity contribution is 9.09. The molecule has 0 fully saturated rings. The van der Waals surface area contributed by atoms with Gasteiger partial charge in [0.25, 0.3) is 0 Å². The highest BCUT2D eigenvalue weighted by Gasteiger charge is 2.15. The predicted octanol–water partition coefficient (Wildman–Crippen LogP) is 4.77. The molecule has 0 amide bonds. The molecule has 0 saturated heterocycles. The number of halogens is 3. The molecule has 1 unspecified atom stereocenters. The molecular formula is C17H17BrF2O. The van der Waals surface area contributed by atoms with Crippen molar-refractivity contribution in [3.05, 3.63) is 65.2 Å². The van der Waals surface area contributed by atoms with Crippen LogP contribution in [0.4, 0.5) is 8.78 Å². The Morgan fingerprint density at radius 3 is 2.48 bits per heavy atom. The van der Waals surface area contributed by atoms with E-state index < -0.39 is 5.82 Å². The first-order valence-corrected chi connectivity index (χ1v) is 7.88. The van der Waals surface area contributed by atoms with E-state index in [9.17, 15) is 8.78 Å². The summed E-state index contributed by atoms with van der Waals surface area (Å²) in [5.41, 5.74) is 1.48. The number of methoxy groups -OCH3 is 1. The molecule has 21 heavy (non-hydrogen) atoms. The quantitative estimate of drug-likeness (QED) is 0.679. The van der Waals surface area contributed by atoms with Gasteiger partial charge in [0.2, 0.25) is 0 Å². The van der Waals surface area contributed by atoms with Gasteiger partial charge in [-0.05, 0) is 54.2 Å². The van der Waals surface area contributed by atoms with E-state index in [1.165, 1.54) is 12.1 Å². The summed E-state index contributed by atoms with van der Waals surface area (Å²) >= 11 is 3.46. The van der Waals surface area contributed by atoms with Gasteiger partial charge in [0.15, 0.2) is 0 Å². The molecule has 2 aromatic carbocycles. The molecule has 2 rings (SSSR count). The first kappa shape index (κ1) is 16.0. The molecule has 0 aliphatic rings. The maximum absolute atomic E-state index is 13.7. The van der Waals surface area contributed by atoms with E-state index >= 15 is 0 Å². The Hall–Kier alpha value is -1.42. The smallest absolute Gasteiger partial charge is 0.126 e. The van der Waals surface area contributed by atoms with Gasteiger partial charge in [-0.15, -0.1) is 0 Å². The number of ether oxygens (including phenoxy) is 1. The molecule has 4 heteroatoms. The standard InChI is InChI=1S/C17H17BrF2O/c1-21-17-5-3-2-4-13(17)8-12(11-18)9-14-10-15(19)6-7-16(14)20/h2-7,10,12H,8-9,11H2,1H3. The zero-order chi connectivity index (χ0) is 15.2. The van der Waals surface area contributed by atoms with Crippen molar-refractivity contribution in [3.8, 4) is 5.75 Å². The Balaban J connectivity index is 2.15. The van der Waals surface area contributed by atoms with E-state index in [2.05, 4.69) is 15.9 Å². The maximum atomic E-state index is 13.7. The highest BCUT2D eigenvalue weighted by Crippen LogP contribution is 2.25. The normalized spacial score (nSPS) is 12.2. The second kappa shape index (κ2) is 7.55. The van der Waals surface area contributed by atoms with E-state index in [4.69, 9.17) is 4.74 Å². The molecule has 0 aromatic heterocycles. The van der Waals surface area contributed by atoms with E-state index in [0.717, 1.165) is 23.8 Å². The molecule has 0 aliphatic heterocycles. The summed E-state index contributed by atoms with van der Waals surface area (Å²) in [6, 6.07) is 11.4. The second-order valence-corrected chi connectivity index (χ2v) is 5.62. The van der Waals surface area contributed by atoms with Crippen molar-refractivity contribution in [3.63, 3.8) is 0 Å². The molecule has 112 valence electrons. The fourth-order valence-electron chi connectivity index (χ4n) is 2.37. The van der Waals surface area contributed by atoms with Crippen LogP contribution in [0.3, 0.4) is 0 Å². The molecule has 0 aliphatic carbocycles. The number of hydrogen-bond donors (Lipinski definition) is 0. The van der Waals surface area contributed by atoms with E-state index in [1.807, 2.05) is 24.3 Å². The molecule has 0 saturated carbocycles. The van der Waals surface area contributed by atoms with Crippen molar-refractivity contribution < 1.29 is 13.5 Å². The molecule has 0 heterocycles. The summed E-state index contributed by atoms with van der Waals surface area (Å²) in [6.45, 7) is 0. The number of para-hydroxylation sites is 1. The van der Waals surface area contributed by atoms with Gasteiger partial charge in [-0.2, -0.15) is 0 Å². The van der Waals surface area contributed by atoms with Gasteiger partial charge >= 0.3 is 0 Å². The molecule has 0 spiro atoms. The largest absolute Gasteiger partial charge is 0.496 e. The van der Waals surface area contributed by atoms with Crippen LogP contribution in [-0.2, 0) is 12.8 Å². The van der Waals surface area contributed by atoms with Crippen LogP contribution in [0.15, 0.2) is 42.5 Å². The van der Waals surface area contributed by atoms with Gasteiger partial charge in [-0.1, -0.05) is 34.1 Å². The Morgan fingerprint density at radius 1 is 1.05 bits per heavy atom. The average molecular weight is 355 g/mol. The van der Waals surface area contributed by atoms with Gasteiger partial charge in [-0.3, -0.25) is 0 Å². The lowest BCUT2D eigenvalue weighted by atomic mass is 9.93. The van der Waals surface area contributed by atoms with Gasteiger partial charge in [-0.25, -0.2) is 8.78 Å². The summed E-state index contributed by atoms with van der Waals surface area (Å²) in [7, 11) is 1.63. The van der Waals surface area contributed by atoms with Crippen LogP contribution >= 0.6 is 15.9 Å². The third-order valence-electron chi connectivity index (χ3n) is 3.44. The Morgan fingerprint density at radius 2 is 1.76 bits per heavy atom. The first-order valence-electron chi connectivity index (χ1n) is 6.75. The predicted molar refractivity (Wildman–Crippen MR) is 84.0 cm³/mol. The van der Waals surface area contributed by atoms with Crippen LogP contribution in [0.25, 0.3) is 0 Å². The Kier molecular flexibility index (Phi) is 5.74. The van der Waals surface area contributed by atoms with Crippen molar-refractivity contribution >= 4 is 15.9 Å². The van der Waals surface area contributed by atoms with Gasteiger partial charge in [0.1, 0.15) is 17.4 Å². The average Bonchev–Trinajstić information content (AvgIpc) is 2.50. The number of rotatable bonds is 6. The second-order valence-electron chi connectivity index (χ2n) is 4.98. The third kappa shape index (κ3) is 4.27. The van der Waals surface area contributed by atoms with Crippen LogP contribution in [0.2, 0.25) is 0 Å². The maximum Gasteiger partial charge on any atom is 0.126 e.